The Hall–Kier alpha value is -1.38. The van der Waals surface area contributed by atoms with E-state index in [-0.39, 0.29) is 12.2 Å². The minimum absolute atomic E-state index is 0.220. The highest BCUT2D eigenvalue weighted by atomic mass is 35.5. The summed E-state index contributed by atoms with van der Waals surface area (Å²) in [5.74, 6) is -0.338. The molecule has 0 aromatic heterocycles. The molecule has 0 aliphatic rings. The summed E-state index contributed by atoms with van der Waals surface area (Å²) >= 11 is 5.86. The van der Waals surface area contributed by atoms with E-state index in [0.717, 1.165) is 16.7 Å². The molecule has 3 heteroatoms. The maximum atomic E-state index is 13.7. The van der Waals surface area contributed by atoms with Crippen molar-refractivity contribution >= 4 is 11.6 Å². The van der Waals surface area contributed by atoms with Gasteiger partial charge in [-0.2, -0.15) is 0 Å². The normalized spacial score (nSPS) is 12.5. The zero-order valence-electron chi connectivity index (χ0n) is 11.0. The second-order valence-electron chi connectivity index (χ2n) is 4.76. The predicted molar refractivity (Wildman–Crippen MR) is 76.0 cm³/mol. The van der Waals surface area contributed by atoms with Crippen LogP contribution in [0.2, 0.25) is 5.02 Å². The Balaban J connectivity index is 2.31. The van der Waals surface area contributed by atoms with Crippen molar-refractivity contribution in [1.82, 2.24) is 0 Å². The summed E-state index contributed by atoms with van der Waals surface area (Å²) in [5, 5.41) is 10.8. The fourth-order valence-electron chi connectivity index (χ4n) is 2.36. The number of aryl methyl sites for hydroxylation is 2. The van der Waals surface area contributed by atoms with Gasteiger partial charge in [0.2, 0.25) is 0 Å². The highest BCUT2D eigenvalue weighted by Crippen LogP contribution is 2.26. The largest absolute Gasteiger partial charge is 0.388 e. The van der Waals surface area contributed by atoms with E-state index in [1.165, 1.54) is 12.1 Å². The number of aliphatic hydroxyl groups is 1. The molecule has 0 saturated carbocycles. The van der Waals surface area contributed by atoms with E-state index in [4.69, 9.17) is 11.6 Å². The van der Waals surface area contributed by atoms with Crippen LogP contribution in [0.1, 0.15) is 28.4 Å². The molecular formula is C16H16ClFO. The van der Waals surface area contributed by atoms with Crippen molar-refractivity contribution in [1.29, 1.82) is 0 Å². The topological polar surface area (TPSA) is 20.2 Å². The standard InChI is InChI=1S/C16H16ClFO/c1-10-4-3-5-11(2)16(10)15(19)9-12-8-13(17)6-7-14(12)18/h3-8,15,19H,9H2,1-2H3. The summed E-state index contributed by atoms with van der Waals surface area (Å²) in [7, 11) is 0. The van der Waals surface area contributed by atoms with Crippen LogP contribution in [0, 0.1) is 19.7 Å². The van der Waals surface area contributed by atoms with Gasteiger partial charge >= 0.3 is 0 Å². The Morgan fingerprint density at radius 1 is 1.16 bits per heavy atom. The molecule has 0 amide bonds. The number of benzene rings is 2. The molecule has 0 aliphatic carbocycles. The van der Waals surface area contributed by atoms with Crippen LogP contribution >= 0.6 is 11.6 Å². The van der Waals surface area contributed by atoms with E-state index in [2.05, 4.69) is 0 Å². The van der Waals surface area contributed by atoms with E-state index in [1.807, 2.05) is 32.0 Å². The maximum Gasteiger partial charge on any atom is 0.126 e. The predicted octanol–water partition coefficient (Wildman–Crippen LogP) is 4.37. The lowest BCUT2D eigenvalue weighted by molar-refractivity contribution is 0.175. The summed E-state index contributed by atoms with van der Waals surface area (Å²) in [6, 6.07) is 10.2. The van der Waals surface area contributed by atoms with Gasteiger partial charge in [0.05, 0.1) is 6.10 Å². The molecule has 0 radical (unpaired) electrons. The summed E-state index contributed by atoms with van der Waals surface area (Å²) in [6.07, 6.45) is -0.507. The quantitative estimate of drug-likeness (QED) is 0.884. The van der Waals surface area contributed by atoms with E-state index in [0.29, 0.717) is 10.6 Å². The smallest absolute Gasteiger partial charge is 0.126 e. The van der Waals surface area contributed by atoms with Gasteiger partial charge in [0.1, 0.15) is 5.82 Å². The number of aliphatic hydroxyl groups excluding tert-OH is 1. The summed E-state index contributed by atoms with van der Waals surface area (Å²) < 4.78 is 13.7. The molecule has 1 N–H and O–H groups in total. The average Bonchev–Trinajstić information content (AvgIpc) is 2.33. The highest BCUT2D eigenvalue weighted by Gasteiger charge is 2.15. The zero-order chi connectivity index (χ0) is 14.0. The second-order valence-corrected chi connectivity index (χ2v) is 5.20. The first-order chi connectivity index (χ1) is 8.99. The molecule has 0 saturated heterocycles. The fraction of sp³-hybridized carbons (Fsp3) is 0.250. The number of hydrogen-bond acceptors (Lipinski definition) is 1. The molecule has 19 heavy (non-hydrogen) atoms. The average molecular weight is 279 g/mol. The molecule has 0 aliphatic heterocycles. The summed E-state index contributed by atoms with van der Waals surface area (Å²) in [4.78, 5) is 0. The third kappa shape index (κ3) is 3.14. The Kier molecular flexibility index (Phi) is 4.23. The van der Waals surface area contributed by atoms with Crippen molar-refractivity contribution in [3.8, 4) is 0 Å². The first-order valence-corrected chi connectivity index (χ1v) is 6.55. The lowest BCUT2D eigenvalue weighted by Crippen LogP contribution is -2.07. The van der Waals surface area contributed by atoms with Crippen LogP contribution < -0.4 is 0 Å². The Labute approximate surface area is 117 Å². The van der Waals surface area contributed by atoms with Crippen LogP contribution in [-0.2, 0) is 6.42 Å². The van der Waals surface area contributed by atoms with Gasteiger partial charge in [-0.05, 0) is 54.3 Å². The fourth-order valence-corrected chi connectivity index (χ4v) is 2.56. The van der Waals surface area contributed by atoms with Crippen molar-refractivity contribution < 1.29 is 9.50 Å². The molecule has 2 aromatic rings. The molecule has 0 fully saturated rings. The van der Waals surface area contributed by atoms with Crippen LogP contribution in [0.3, 0.4) is 0 Å². The van der Waals surface area contributed by atoms with Crippen molar-refractivity contribution in [2.45, 2.75) is 26.4 Å². The van der Waals surface area contributed by atoms with Crippen molar-refractivity contribution in [3.63, 3.8) is 0 Å². The first kappa shape index (κ1) is 14.0. The van der Waals surface area contributed by atoms with Gasteiger partial charge < -0.3 is 5.11 Å². The van der Waals surface area contributed by atoms with Gasteiger partial charge in [0.15, 0.2) is 0 Å². The molecule has 100 valence electrons. The minimum atomic E-state index is -0.728. The van der Waals surface area contributed by atoms with Crippen molar-refractivity contribution in [2.24, 2.45) is 0 Å². The van der Waals surface area contributed by atoms with Crippen LogP contribution in [0.15, 0.2) is 36.4 Å². The van der Waals surface area contributed by atoms with Gasteiger partial charge in [-0.15, -0.1) is 0 Å². The van der Waals surface area contributed by atoms with Crippen LogP contribution in [0.25, 0.3) is 0 Å². The first-order valence-electron chi connectivity index (χ1n) is 6.17. The Morgan fingerprint density at radius 3 is 2.42 bits per heavy atom. The second kappa shape index (κ2) is 5.72. The van der Waals surface area contributed by atoms with Crippen LogP contribution in [0.5, 0.6) is 0 Å². The Bertz CT molecular complexity index is 575. The lowest BCUT2D eigenvalue weighted by Gasteiger charge is -2.17. The molecule has 1 nitrogen and oxygen atoms in total. The zero-order valence-corrected chi connectivity index (χ0v) is 11.7. The van der Waals surface area contributed by atoms with Gasteiger partial charge in [-0.1, -0.05) is 29.8 Å². The monoisotopic (exact) mass is 278 g/mol. The minimum Gasteiger partial charge on any atom is -0.388 e. The third-order valence-corrected chi connectivity index (χ3v) is 3.53. The SMILES string of the molecule is Cc1cccc(C)c1C(O)Cc1cc(Cl)ccc1F. The van der Waals surface area contributed by atoms with Crippen molar-refractivity contribution in [2.75, 3.05) is 0 Å². The van der Waals surface area contributed by atoms with E-state index in [1.54, 1.807) is 6.07 Å². The van der Waals surface area contributed by atoms with Gasteiger partial charge in [0.25, 0.3) is 0 Å². The molecule has 2 aromatic carbocycles. The lowest BCUT2D eigenvalue weighted by atomic mass is 9.94. The highest BCUT2D eigenvalue weighted by molar-refractivity contribution is 6.30. The van der Waals surface area contributed by atoms with Crippen LogP contribution in [-0.4, -0.2) is 5.11 Å². The number of halogens is 2. The van der Waals surface area contributed by atoms with Gasteiger partial charge in [-0.25, -0.2) is 4.39 Å². The third-order valence-electron chi connectivity index (χ3n) is 3.30. The molecule has 2 rings (SSSR count). The van der Waals surface area contributed by atoms with E-state index < -0.39 is 6.10 Å². The van der Waals surface area contributed by atoms with E-state index in [9.17, 15) is 9.50 Å². The van der Waals surface area contributed by atoms with Crippen LogP contribution in [0.4, 0.5) is 4.39 Å². The molecule has 0 bridgehead atoms. The molecule has 0 heterocycles. The molecular weight excluding hydrogens is 263 g/mol. The Morgan fingerprint density at radius 2 is 1.79 bits per heavy atom. The number of hydrogen-bond donors (Lipinski definition) is 1. The summed E-state index contributed by atoms with van der Waals surface area (Å²) in [5.41, 5.74) is 3.31. The van der Waals surface area contributed by atoms with E-state index >= 15 is 0 Å². The number of rotatable bonds is 3. The van der Waals surface area contributed by atoms with Crippen molar-refractivity contribution in [3.05, 3.63) is 69.5 Å². The molecule has 1 unspecified atom stereocenters. The van der Waals surface area contributed by atoms with Gasteiger partial charge in [0, 0.05) is 11.4 Å². The van der Waals surface area contributed by atoms with Gasteiger partial charge in [-0.3, -0.25) is 0 Å². The maximum absolute atomic E-state index is 13.7. The summed E-state index contributed by atoms with van der Waals surface area (Å²) in [6.45, 7) is 3.89. The molecule has 0 spiro atoms. The molecule has 1 atom stereocenters.